The Kier molecular flexibility index (Phi) is 10.9. The van der Waals surface area contributed by atoms with Gasteiger partial charge in [0.2, 0.25) is 0 Å². The normalized spacial score (nSPS) is 12.4. The minimum Gasteiger partial charge on any atom is -0.497 e. The fourth-order valence-electron chi connectivity index (χ4n) is 2.94. The maximum Gasteiger partial charge on any atom is 0.191 e. The van der Waals surface area contributed by atoms with Crippen LogP contribution in [0.1, 0.15) is 31.2 Å². The van der Waals surface area contributed by atoms with Gasteiger partial charge in [0.15, 0.2) is 5.96 Å². The van der Waals surface area contributed by atoms with Crippen molar-refractivity contribution in [3.05, 3.63) is 54.0 Å². The number of nitrogens with zero attached hydrogens (tertiary/aromatic N) is 2. The van der Waals surface area contributed by atoms with Gasteiger partial charge in [-0.2, -0.15) is 0 Å². The van der Waals surface area contributed by atoms with E-state index in [1.165, 1.54) is 0 Å². The Morgan fingerprint density at radius 2 is 1.96 bits per heavy atom. The zero-order valence-electron chi connectivity index (χ0n) is 16.6. The molecule has 1 heterocycles. The molecule has 0 aliphatic carbocycles. The SMILES string of the molecule is CCN(CC)C(CNC(=NC)NCc1cccc(OC)c1)c1ccco1.I. The topological polar surface area (TPSA) is 62.0 Å². The Labute approximate surface area is 179 Å². The lowest BCUT2D eigenvalue weighted by Crippen LogP contribution is -2.42. The second-order valence-corrected chi connectivity index (χ2v) is 5.91. The quantitative estimate of drug-likeness (QED) is 0.322. The third-order valence-electron chi connectivity index (χ3n) is 4.41. The largest absolute Gasteiger partial charge is 0.497 e. The number of benzene rings is 1. The van der Waals surface area contributed by atoms with Crippen LogP contribution in [-0.4, -0.2) is 44.7 Å². The Morgan fingerprint density at radius 3 is 2.56 bits per heavy atom. The summed E-state index contributed by atoms with van der Waals surface area (Å²) < 4.78 is 10.9. The van der Waals surface area contributed by atoms with Gasteiger partial charge in [0.25, 0.3) is 0 Å². The number of hydrogen-bond acceptors (Lipinski definition) is 4. The first-order chi connectivity index (χ1) is 12.7. The summed E-state index contributed by atoms with van der Waals surface area (Å²) in [5, 5.41) is 6.76. The molecule has 0 saturated carbocycles. The van der Waals surface area contributed by atoms with Gasteiger partial charge < -0.3 is 19.8 Å². The first-order valence-electron chi connectivity index (χ1n) is 9.06. The van der Waals surface area contributed by atoms with Crippen LogP contribution in [-0.2, 0) is 6.54 Å². The van der Waals surface area contributed by atoms with Crippen molar-refractivity contribution >= 4 is 29.9 Å². The van der Waals surface area contributed by atoms with Crippen LogP contribution in [0.15, 0.2) is 52.1 Å². The Balaban J connectivity index is 0.00000364. The summed E-state index contributed by atoms with van der Waals surface area (Å²) in [5.41, 5.74) is 1.14. The van der Waals surface area contributed by atoms with Gasteiger partial charge in [0.1, 0.15) is 11.5 Å². The van der Waals surface area contributed by atoms with Crippen molar-refractivity contribution in [1.82, 2.24) is 15.5 Å². The molecule has 1 aromatic heterocycles. The van der Waals surface area contributed by atoms with Gasteiger partial charge in [-0.3, -0.25) is 9.89 Å². The van der Waals surface area contributed by atoms with E-state index in [2.05, 4.69) is 40.4 Å². The van der Waals surface area contributed by atoms with E-state index in [0.29, 0.717) is 13.1 Å². The van der Waals surface area contributed by atoms with Crippen molar-refractivity contribution in [2.75, 3.05) is 33.8 Å². The van der Waals surface area contributed by atoms with Gasteiger partial charge in [-0.15, -0.1) is 24.0 Å². The monoisotopic (exact) mass is 486 g/mol. The molecule has 0 amide bonds. The Hall–Kier alpha value is -1.74. The van der Waals surface area contributed by atoms with Crippen LogP contribution in [0.3, 0.4) is 0 Å². The predicted molar refractivity (Wildman–Crippen MR) is 121 cm³/mol. The summed E-state index contributed by atoms with van der Waals surface area (Å²) in [4.78, 5) is 6.69. The molecule has 2 rings (SSSR count). The van der Waals surface area contributed by atoms with Crippen LogP contribution in [0, 0.1) is 0 Å². The molecule has 0 fully saturated rings. The molecule has 7 heteroatoms. The zero-order chi connectivity index (χ0) is 18.8. The van der Waals surface area contributed by atoms with Crippen LogP contribution in [0.5, 0.6) is 5.75 Å². The van der Waals surface area contributed by atoms with Crippen molar-refractivity contribution in [2.45, 2.75) is 26.4 Å². The number of nitrogens with one attached hydrogen (secondary N) is 2. The van der Waals surface area contributed by atoms with E-state index < -0.39 is 0 Å². The predicted octanol–water partition coefficient (Wildman–Crippen LogP) is 3.65. The molecule has 0 spiro atoms. The minimum atomic E-state index is 0. The molecule has 6 nitrogen and oxygen atoms in total. The summed E-state index contributed by atoms with van der Waals surface area (Å²) in [6, 6.07) is 12.1. The van der Waals surface area contributed by atoms with E-state index >= 15 is 0 Å². The van der Waals surface area contributed by atoms with Gasteiger partial charge in [0.05, 0.1) is 19.4 Å². The lowest BCUT2D eigenvalue weighted by Gasteiger charge is -2.28. The first kappa shape index (κ1) is 23.3. The van der Waals surface area contributed by atoms with Crippen molar-refractivity contribution < 1.29 is 9.15 Å². The number of rotatable bonds is 9. The highest BCUT2D eigenvalue weighted by Gasteiger charge is 2.20. The summed E-state index contributed by atoms with van der Waals surface area (Å²) in [6.07, 6.45) is 1.72. The highest BCUT2D eigenvalue weighted by molar-refractivity contribution is 14.0. The molecule has 150 valence electrons. The first-order valence-corrected chi connectivity index (χ1v) is 9.06. The summed E-state index contributed by atoms with van der Waals surface area (Å²) in [7, 11) is 3.45. The zero-order valence-corrected chi connectivity index (χ0v) is 18.9. The molecular weight excluding hydrogens is 455 g/mol. The van der Waals surface area contributed by atoms with Crippen molar-refractivity contribution in [3.63, 3.8) is 0 Å². The second-order valence-electron chi connectivity index (χ2n) is 5.91. The lowest BCUT2D eigenvalue weighted by atomic mass is 10.2. The minimum absolute atomic E-state index is 0. The van der Waals surface area contributed by atoms with E-state index in [4.69, 9.17) is 9.15 Å². The molecular formula is C20H31IN4O2. The Morgan fingerprint density at radius 1 is 1.19 bits per heavy atom. The molecule has 0 saturated heterocycles. The van der Waals surface area contributed by atoms with Crippen molar-refractivity contribution in [3.8, 4) is 5.75 Å². The number of furan rings is 1. The number of guanidine groups is 1. The molecule has 1 aromatic carbocycles. The highest BCUT2D eigenvalue weighted by atomic mass is 127. The van der Waals surface area contributed by atoms with Gasteiger partial charge in [-0.05, 0) is 42.9 Å². The number of ether oxygens (including phenoxy) is 1. The molecule has 2 N–H and O–H groups in total. The van der Waals surface area contributed by atoms with Crippen LogP contribution in [0.25, 0.3) is 0 Å². The van der Waals surface area contributed by atoms with E-state index in [1.54, 1.807) is 20.4 Å². The van der Waals surface area contributed by atoms with E-state index in [0.717, 1.165) is 36.1 Å². The average Bonchev–Trinajstić information content (AvgIpc) is 3.21. The average molecular weight is 486 g/mol. The molecule has 0 aliphatic heterocycles. The number of hydrogen-bond donors (Lipinski definition) is 2. The maximum absolute atomic E-state index is 5.65. The van der Waals surface area contributed by atoms with Gasteiger partial charge in [-0.25, -0.2) is 0 Å². The van der Waals surface area contributed by atoms with Crippen LogP contribution >= 0.6 is 24.0 Å². The molecule has 1 atom stereocenters. The van der Waals surface area contributed by atoms with Gasteiger partial charge >= 0.3 is 0 Å². The van der Waals surface area contributed by atoms with Gasteiger partial charge in [-0.1, -0.05) is 26.0 Å². The molecule has 27 heavy (non-hydrogen) atoms. The van der Waals surface area contributed by atoms with Crippen molar-refractivity contribution in [1.29, 1.82) is 0 Å². The second kappa shape index (κ2) is 12.6. The third-order valence-corrected chi connectivity index (χ3v) is 4.41. The van der Waals surface area contributed by atoms with Gasteiger partial charge in [0, 0.05) is 20.1 Å². The Bertz CT molecular complexity index is 672. The number of halogens is 1. The van der Waals surface area contributed by atoms with E-state index in [1.807, 2.05) is 30.3 Å². The van der Waals surface area contributed by atoms with Crippen LogP contribution in [0.2, 0.25) is 0 Å². The summed E-state index contributed by atoms with van der Waals surface area (Å²) in [5.74, 6) is 2.58. The number of likely N-dealkylation sites (N-methyl/N-ethyl adjacent to an activating group) is 1. The lowest BCUT2D eigenvalue weighted by molar-refractivity contribution is 0.193. The number of methoxy groups -OCH3 is 1. The van der Waals surface area contributed by atoms with Crippen molar-refractivity contribution in [2.24, 2.45) is 4.99 Å². The fourth-order valence-corrected chi connectivity index (χ4v) is 2.94. The summed E-state index contributed by atoms with van der Waals surface area (Å²) >= 11 is 0. The molecule has 0 bridgehead atoms. The standard InChI is InChI=1S/C20H30N4O2.HI/c1-5-24(6-2)18(19-11-8-12-26-19)15-23-20(21-3)22-14-16-9-7-10-17(13-16)25-4;/h7-13,18H,5-6,14-15H2,1-4H3,(H2,21,22,23);1H. The molecule has 1 unspecified atom stereocenters. The smallest absolute Gasteiger partial charge is 0.191 e. The van der Waals surface area contributed by atoms with E-state index in [-0.39, 0.29) is 30.0 Å². The fraction of sp³-hybridized carbons (Fsp3) is 0.450. The number of aliphatic imine (C=N–C) groups is 1. The molecule has 2 aromatic rings. The third kappa shape index (κ3) is 7.06. The molecule has 0 aliphatic rings. The summed E-state index contributed by atoms with van der Waals surface area (Å²) in [6.45, 7) is 7.63. The molecule has 0 radical (unpaired) electrons. The highest BCUT2D eigenvalue weighted by Crippen LogP contribution is 2.20. The van der Waals surface area contributed by atoms with Crippen LogP contribution in [0.4, 0.5) is 0 Å². The van der Waals surface area contributed by atoms with E-state index in [9.17, 15) is 0 Å². The van der Waals surface area contributed by atoms with Crippen LogP contribution < -0.4 is 15.4 Å². The maximum atomic E-state index is 5.65.